The van der Waals surface area contributed by atoms with Gasteiger partial charge in [0.2, 0.25) is 0 Å². The van der Waals surface area contributed by atoms with Gasteiger partial charge in [-0.3, -0.25) is 9.58 Å². The lowest BCUT2D eigenvalue weighted by atomic mass is 9.86. The topological polar surface area (TPSA) is 44.9 Å². The molecule has 4 heteroatoms. The number of aryl methyl sites for hydroxylation is 1. The summed E-state index contributed by atoms with van der Waals surface area (Å²) in [7, 11) is 0. The molecule has 0 spiro atoms. The molecule has 16 heavy (non-hydrogen) atoms. The molecule has 4 nitrogen and oxygen atoms in total. The van der Waals surface area contributed by atoms with E-state index in [0.717, 1.165) is 18.7 Å². The zero-order valence-electron chi connectivity index (χ0n) is 10.1. The predicted molar refractivity (Wildman–Crippen MR) is 61.9 cm³/mol. The first-order valence-corrected chi connectivity index (χ1v) is 5.70. The number of nitrogens with zero attached hydrogens (tertiary/aromatic N) is 4. The van der Waals surface area contributed by atoms with Gasteiger partial charge in [-0.25, -0.2) is 0 Å². The molecule has 1 fully saturated rings. The Kier molecular flexibility index (Phi) is 2.73. The molecule has 0 aliphatic carbocycles. The highest BCUT2D eigenvalue weighted by atomic mass is 15.4. The Morgan fingerprint density at radius 1 is 1.56 bits per heavy atom. The van der Waals surface area contributed by atoms with Crippen molar-refractivity contribution in [2.75, 3.05) is 13.1 Å². The third-order valence-electron chi connectivity index (χ3n) is 3.33. The zero-order chi connectivity index (χ0) is 11.8. The van der Waals surface area contributed by atoms with Crippen molar-refractivity contribution in [2.24, 2.45) is 0 Å². The standard InChI is InChI=1S/C12H18N4/c1-10(2)15-8-12(9-15,4-5-13)16-7-11(3)6-14-16/h6-7,10H,4,8-9H2,1-3H3. The molecule has 0 radical (unpaired) electrons. The van der Waals surface area contributed by atoms with Gasteiger partial charge in [0.05, 0.1) is 18.7 Å². The molecule has 2 rings (SSSR count). The van der Waals surface area contributed by atoms with Crippen LogP contribution in [0.5, 0.6) is 0 Å². The van der Waals surface area contributed by atoms with Gasteiger partial charge < -0.3 is 0 Å². The van der Waals surface area contributed by atoms with Crippen LogP contribution in [-0.2, 0) is 5.54 Å². The van der Waals surface area contributed by atoms with Crippen LogP contribution in [0.3, 0.4) is 0 Å². The summed E-state index contributed by atoms with van der Waals surface area (Å²) in [6.45, 7) is 8.26. The second kappa shape index (κ2) is 3.91. The molecular formula is C12H18N4. The molecule has 86 valence electrons. The summed E-state index contributed by atoms with van der Waals surface area (Å²) in [5.41, 5.74) is 1.06. The van der Waals surface area contributed by atoms with E-state index >= 15 is 0 Å². The Balaban J connectivity index is 2.17. The van der Waals surface area contributed by atoms with Crippen molar-refractivity contribution >= 4 is 0 Å². The quantitative estimate of drug-likeness (QED) is 0.772. The molecule has 0 aromatic carbocycles. The monoisotopic (exact) mass is 218 g/mol. The van der Waals surface area contributed by atoms with Gasteiger partial charge in [0, 0.05) is 25.3 Å². The van der Waals surface area contributed by atoms with E-state index in [1.54, 1.807) is 0 Å². The number of likely N-dealkylation sites (tertiary alicyclic amines) is 1. The molecule has 0 unspecified atom stereocenters. The molecule has 0 N–H and O–H groups in total. The zero-order valence-corrected chi connectivity index (χ0v) is 10.1. The second-order valence-electron chi connectivity index (χ2n) is 5.02. The van der Waals surface area contributed by atoms with E-state index in [1.165, 1.54) is 0 Å². The summed E-state index contributed by atoms with van der Waals surface area (Å²) >= 11 is 0. The largest absolute Gasteiger partial charge is 0.296 e. The molecule has 0 atom stereocenters. The van der Waals surface area contributed by atoms with Crippen molar-refractivity contribution in [3.8, 4) is 6.07 Å². The molecule has 1 aliphatic heterocycles. The summed E-state index contributed by atoms with van der Waals surface area (Å²) in [6.07, 6.45) is 4.43. The Bertz CT molecular complexity index is 407. The number of hydrogen-bond acceptors (Lipinski definition) is 3. The summed E-state index contributed by atoms with van der Waals surface area (Å²) < 4.78 is 1.98. The smallest absolute Gasteiger partial charge is 0.101 e. The first-order valence-electron chi connectivity index (χ1n) is 5.70. The van der Waals surface area contributed by atoms with E-state index in [4.69, 9.17) is 5.26 Å². The fourth-order valence-corrected chi connectivity index (χ4v) is 2.23. The average molecular weight is 218 g/mol. The van der Waals surface area contributed by atoms with Gasteiger partial charge in [0.15, 0.2) is 0 Å². The van der Waals surface area contributed by atoms with Crippen LogP contribution in [0.1, 0.15) is 25.8 Å². The van der Waals surface area contributed by atoms with Crippen molar-refractivity contribution in [1.29, 1.82) is 5.26 Å². The van der Waals surface area contributed by atoms with Crippen molar-refractivity contribution in [2.45, 2.75) is 38.8 Å². The lowest BCUT2D eigenvalue weighted by Gasteiger charge is -2.51. The summed E-state index contributed by atoms with van der Waals surface area (Å²) in [5.74, 6) is 0. The van der Waals surface area contributed by atoms with Gasteiger partial charge in [0.1, 0.15) is 5.54 Å². The number of rotatable bonds is 3. The maximum absolute atomic E-state index is 8.95. The summed E-state index contributed by atoms with van der Waals surface area (Å²) in [4.78, 5) is 2.37. The van der Waals surface area contributed by atoms with E-state index in [-0.39, 0.29) is 5.54 Å². The summed E-state index contributed by atoms with van der Waals surface area (Å²) in [5, 5.41) is 13.3. The number of nitriles is 1. The van der Waals surface area contributed by atoms with Crippen molar-refractivity contribution < 1.29 is 0 Å². The van der Waals surface area contributed by atoms with E-state index in [1.807, 2.05) is 24.0 Å². The SMILES string of the molecule is Cc1cnn(C2(CC#N)CN(C(C)C)C2)c1. The maximum Gasteiger partial charge on any atom is 0.101 e. The van der Waals surface area contributed by atoms with Crippen molar-refractivity contribution in [3.63, 3.8) is 0 Å². The highest BCUT2D eigenvalue weighted by molar-refractivity contribution is 5.10. The third-order valence-corrected chi connectivity index (χ3v) is 3.33. The first kappa shape index (κ1) is 11.2. The Morgan fingerprint density at radius 3 is 2.69 bits per heavy atom. The van der Waals surface area contributed by atoms with Gasteiger partial charge in [-0.15, -0.1) is 0 Å². The molecule has 1 aliphatic rings. The normalized spacial score (nSPS) is 19.4. The molecule has 2 heterocycles. The maximum atomic E-state index is 8.95. The minimum absolute atomic E-state index is 0.0900. The van der Waals surface area contributed by atoms with Crippen LogP contribution >= 0.6 is 0 Å². The molecule has 1 aromatic rings. The van der Waals surface area contributed by atoms with Crippen LogP contribution in [0.25, 0.3) is 0 Å². The van der Waals surface area contributed by atoms with Crippen LogP contribution in [0, 0.1) is 18.3 Å². The van der Waals surface area contributed by atoms with Crippen LogP contribution in [0.2, 0.25) is 0 Å². The van der Waals surface area contributed by atoms with E-state index < -0.39 is 0 Å². The van der Waals surface area contributed by atoms with Crippen molar-refractivity contribution in [3.05, 3.63) is 18.0 Å². The van der Waals surface area contributed by atoms with Gasteiger partial charge in [-0.1, -0.05) is 0 Å². The number of aromatic nitrogens is 2. The fourth-order valence-electron chi connectivity index (χ4n) is 2.23. The molecule has 0 amide bonds. The third kappa shape index (κ3) is 1.72. The van der Waals surface area contributed by atoms with E-state index in [9.17, 15) is 0 Å². The van der Waals surface area contributed by atoms with Gasteiger partial charge >= 0.3 is 0 Å². The minimum atomic E-state index is -0.0900. The highest BCUT2D eigenvalue weighted by Gasteiger charge is 2.45. The van der Waals surface area contributed by atoms with Gasteiger partial charge in [-0.05, 0) is 26.3 Å². The fraction of sp³-hybridized carbons (Fsp3) is 0.667. The van der Waals surface area contributed by atoms with Crippen LogP contribution in [-0.4, -0.2) is 33.8 Å². The van der Waals surface area contributed by atoms with Crippen molar-refractivity contribution in [1.82, 2.24) is 14.7 Å². The lowest BCUT2D eigenvalue weighted by molar-refractivity contribution is -0.0165. The minimum Gasteiger partial charge on any atom is -0.296 e. The molecule has 0 bridgehead atoms. The molecule has 1 aromatic heterocycles. The average Bonchev–Trinajstić information content (AvgIpc) is 2.57. The highest BCUT2D eigenvalue weighted by Crippen LogP contribution is 2.33. The lowest BCUT2D eigenvalue weighted by Crippen LogP contribution is -2.64. The molecular weight excluding hydrogens is 200 g/mol. The number of hydrogen-bond donors (Lipinski definition) is 0. The van der Waals surface area contributed by atoms with Gasteiger partial charge in [-0.2, -0.15) is 10.4 Å². The second-order valence-corrected chi connectivity index (χ2v) is 5.02. The molecule has 1 saturated heterocycles. The Hall–Kier alpha value is -1.34. The van der Waals surface area contributed by atoms with E-state index in [0.29, 0.717) is 12.5 Å². The predicted octanol–water partition coefficient (Wildman–Crippen LogP) is 1.52. The van der Waals surface area contributed by atoms with Crippen LogP contribution in [0.4, 0.5) is 0 Å². The Labute approximate surface area is 96.5 Å². The van der Waals surface area contributed by atoms with Crippen LogP contribution < -0.4 is 0 Å². The molecule has 0 saturated carbocycles. The van der Waals surface area contributed by atoms with Gasteiger partial charge in [0.25, 0.3) is 0 Å². The Morgan fingerprint density at radius 2 is 2.25 bits per heavy atom. The first-order chi connectivity index (χ1) is 7.57. The van der Waals surface area contributed by atoms with Crippen LogP contribution in [0.15, 0.2) is 12.4 Å². The van der Waals surface area contributed by atoms with E-state index in [2.05, 4.69) is 29.9 Å². The summed E-state index contributed by atoms with van der Waals surface area (Å²) in [6, 6.07) is 2.84.